The molecule has 8 heteroatoms. The number of nitrogens with zero attached hydrogens (tertiary/aromatic N) is 4. The molecule has 0 spiro atoms. The summed E-state index contributed by atoms with van der Waals surface area (Å²) >= 11 is 0. The van der Waals surface area contributed by atoms with E-state index in [2.05, 4.69) is 30.5 Å². The Hall–Kier alpha value is -1.67. The van der Waals surface area contributed by atoms with Crippen molar-refractivity contribution in [1.29, 1.82) is 0 Å². The molecule has 2 aliphatic heterocycles. The topological polar surface area (TPSA) is 84.4 Å². The molecule has 1 atom stereocenters. The Kier molecular flexibility index (Phi) is 4.12. The standard InChI is InChI=1S/C12H20N6O2/c1-13-10-15-11(14-9-2-5-20-8-9)17-12(16-10)18-3-6-19-7-4-18/h9H,2-8H2,1H3,(H2,13,14,15,16,17). The SMILES string of the molecule is CNc1nc(NC2CCOC2)nc(N2CCOCC2)n1. The first-order valence-electron chi connectivity index (χ1n) is 6.96. The molecule has 8 nitrogen and oxygen atoms in total. The minimum Gasteiger partial charge on any atom is -0.379 e. The molecular weight excluding hydrogens is 260 g/mol. The molecule has 110 valence electrons. The third-order valence-corrected chi connectivity index (χ3v) is 3.40. The Morgan fingerprint density at radius 1 is 1.05 bits per heavy atom. The van der Waals surface area contributed by atoms with Crippen molar-refractivity contribution < 1.29 is 9.47 Å². The van der Waals surface area contributed by atoms with Gasteiger partial charge in [-0.15, -0.1) is 0 Å². The van der Waals surface area contributed by atoms with Gasteiger partial charge in [0.2, 0.25) is 17.8 Å². The normalized spacial score (nSPS) is 22.9. The van der Waals surface area contributed by atoms with Gasteiger partial charge in [-0.3, -0.25) is 0 Å². The van der Waals surface area contributed by atoms with E-state index >= 15 is 0 Å². The summed E-state index contributed by atoms with van der Waals surface area (Å²) in [6, 6.07) is 0.277. The molecule has 2 aliphatic rings. The van der Waals surface area contributed by atoms with Gasteiger partial charge in [0.25, 0.3) is 0 Å². The molecule has 2 fully saturated rings. The summed E-state index contributed by atoms with van der Waals surface area (Å²) < 4.78 is 10.7. The molecule has 0 aliphatic carbocycles. The van der Waals surface area contributed by atoms with Crippen LogP contribution in [0.5, 0.6) is 0 Å². The van der Waals surface area contributed by atoms with Crippen LogP contribution in [0.3, 0.4) is 0 Å². The molecule has 0 radical (unpaired) electrons. The molecular formula is C12H20N6O2. The summed E-state index contributed by atoms with van der Waals surface area (Å²) in [4.78, 5) is 15.4. The highest BCUT2D eigenvalue weighted by atomic mass is 16.5. The molecule has 3 heterocycles. The van der Waals surface area contributed by atoms with Crippen LogP contribution in [0.4, 0.5) is 17.8 Å². The van der Waals surface area contributed by atoms with Crippen LogP contribution in [-0.4, -0.2) is 67.6 Å². The van der Waals surface area contributed by atoms with Crippen LogP contribution in [0.1, 0.15) is 6.42 Å². The maximum absolute atomic E-state index is 5.36. The van der Waals surface area contributed by atoms with Gasteiger partial charge in [0, 0.05) is 26.7 Å². The summed E-state index contributed by atoms with van der Waals surface area (Å²) in [5.74, 6) is 1.86. The Morgan fingerprint density at radius 2 is 1.85 bits per heavy atom. The van der Waals surface area contributed by atoms with E-state index in [4.69, 9.17) is 9.47 Å². The van der Waals surface area contributed by atoms with Gasteiger partial charge in [-0.25, -0.2) is 0 Å². The number of hydrogen-bond acceptors (Lipinski definition) is 8. The van der Waals surface area contributed by atoms with Crippen molar-refractivity contribution in [2.75, 3.05) is 62.1 Å². The maximum Gasteiger partial charge on any atom is 0.232 e. The molecule has 3 rings (SSSR count). The molecule has 1 aromatic rings. The van der Waals surface area contributed by atoms with Gasteiger partial charge in [-0.1, -0.05) is 0 Å². The highest BCUT2D eigenvalue weighted by molar-refractivity contribution is 5.44. The van der Waals surface area contributed by atoms with Gasteiger partial charge in [0.05, 0.1) is 25.9 Å². The predicted octanol–water partition coefficient (Wildman–Crippen LogP) is -0.0493. The number of aromatic nitrogens is 3. The zero-order chi connectivity index (χ0) is 13.8. The lowest BCUT2D eigenvalue weighted by Crippen LogP contribution is -2.37. The zero-order valence-electron chi connectivity index (χ0n) is 11.6. The van der Waals surface area contributed by atoms with Crippen molar-refractivity contribution in [2.45, 2.75) is 12.5 Å². The highest BCUT2D eigenvalue weighted by Gasteiger charge is 2.19. The van der Waals surface area contributed by atoms with Crippen LogP contribution >= 0.6 is 0 Å². The Bertz CT molecular complexity index is 446. The first-order valence-corrected chi connectivity index (χ1v) is 6.96. The number of anilines is 3. The van der Waals surface area contributed by atoms with Gasteiger partial charge < -0.3 is 25.0 Å². The van der Waals surface area contributed by atoms with Crippen LogP contribution in [0.2, 0.25) is 0 Å². The number of rotatable bonds is 4. The molecule has 0 saturated carbocycles. The van der Waals surface area contributed by atoms with Crippen LogP contribution in [0.25, 0.3) is 0 Å². The van der Waals surface area contributed by atoms with Gasteiger partial charge in [0.15, 0.2) is 0 Å². The van der Waals surface area contributed by atoms with E-state index in [0.717, 1.165) is 26.1 Å². The predicted molar refractivity (Wildman–Crippen MR) is 75.3 cm³/mol. The molecule has 2 N–H and O–H groups in total. The summed E-state index contributed by atoms with van der Waals surface area (Å²) in [5.41, 5.74) is 0. The average molecular weight is 280 g/mol. The van der Waals surface area contributed by atoms with Crippen molar-refractivity contribution >= 4 is 17.8 Å². The lowest BCUT2D eigenvalue weighted by atomic mass is 10.3. The Labute approximate surface area is 117 Å². The van der Waals surface area contributed by atoms with Gasteiger partial charge in [-0.05, 0) is 6.42 Å². The fourth-order valence-corrected chi connectivity index (χ4v) is 2.28. The summed E-state index contributed by atoms with van der Waals surface area (Å²) in [6.45, 7) is 4.52. The number of nitrogens with one attached hydrogen (secondary N) is 2. The minimum absolute atomic E-state index is 0.277. The third-order valence-electron chi connectivity index (χ3n) is 3.40. The Morgan fingerprint density at radius 3 is 2.55 bits per heavy atom. The molecule has 2 saturated heterocycles. The minimum atomic E-state index is 0.277. The second-order valence-corrected chi connectivity index (χ2v) is 4.84. The van der Waals surface area contributed by atoms with Crippen LogP contribution in [0, 0.1) is 0 Å². The first-order chi connectivity index (χ1) is 9.85. The lowest BCUT2D eigenvalue weighted by Gasteiger charge is -2.27. The molecule has 0 amide bonds. The second-order valence-electron chi connectivity index (χ2n) is 4.84. The maximum atomic E-state index is 5.36. The molecule has 0 bridgehead atoms. The van der Waals surface area contributed by atoms with E-state index in [1.165, 1.54) is 0 Å². The van der Waals surface area contributed by atoms with Crippen LogP contribution in [-0.2, 0) is 9.47 Å². The first kappa shape index (κ1) is 13.3. The molecule has 1 unspecified atom stereocenters. The average Bonchev–Trinajstić information content (AvgIpc) is 3.00. The summed E-state index contributed by atoms with van der Waals surface area (Å²) in [5, 5.41) is 6.29. The molecule has 1 aromatic heterocycles. The van der Waals surface area contributed by atoms with Gasteiger partial charge in [0.1, 0.15) is 0 Å². The van der Waals surface area contributed by atoms with Crippen molar-refractivity contribution in [3.8, 4) is 0 Å². The van der Waals surface area contributed by atoms with Gasteiger partial charge in [-0.2, -0.15) is 15.0 Å². The zero-order valence-corrected chi connectivity index (χ0v) is 11.6. The van der Waals surface area contributed by atoms with E-state index < -0.39 is 0 Å². The van der Waals surface area contributed by atoms with Crippen molar-refractivity contribution in [1.82, 2.24) is 15.0 Å². The van der Waals surface area contributed by atoms with E-state index in [9.17, 15) is 0 Å². The quantitative estimate of drug-likeness (QED) is 0.794. The number of ether oxygens (including phenoxy) is 2. The van der Waals surface area contributed by atoms with E-state index in [1.807, 2.05) is 0 Å². The Balaban J connectivity index is 1.77. The van der Waals surface area contributed by atoms with E-state index in [-0.39, 0.29) is 6.04 Å². The smallest absolute Gasteiger partial charge is 0.232 e. The van der Waals surface area contributed by atoms with E-state index in [0.29, 0.717) is 37.7 Å². The molecule has 20 heavy (non-hydrogen) atoms. The fourth-order valence-electron chi connectivity index (χ4n) is 2.28. The monoisotopic (exact) mass is 280 g/mol. The highest BCUT2D eigenvalue weighted by Crippen LogP contribution is 2.17. The lowest BCUT2D eigenvalue weighted by molar-refractivity contribution is 0.122. The summed E-state index contributed by atoms with van der Waals surface area (Å²) in [7, 11) is 1.81. The second kappa shape index (κ2) is 6.19. The van der Waals surface area contributed by atoms with Crippen LogP contribution < -0.4 is 15.5 Å². The van der Waals surface area contributed by atoms with Crippen LogP contribution in [0.15, 0.2) is 0 Å². The molecule has 0 aromatic carbocycles. The van der Waals surface area contributed by atoms with Crippen molar-refractivity contribution in [3.05, 3.63) is 0 Å². The van der Waals surface area contributed by atoms with Gasteiger partial charge >= 0.3 is 0 Å². The number of hydrogen-bond donors (Lipinski definition) is 2. The third kappa shape index (κ3) is 3.07. The van der Waals surface area contributed by atoms with E-state index in [1.54, 1.807) is 7.05 Å². The summed E-state index contributed by atoms with van der Waals surface area (Å²) in [6.07, 6.45) is 0.980. The number of morpholine rings is 1. The van der Waals surface area contributed by atoms with Crippen molar-refractivity contribution in [3.63, 3.8) is 0 Å². The fraction of sp³-hybridized carbons (Fsp3) is 0.750. The largest absolute Gasteiger partial charge is 0.379 e. The van der Waals surface area contributed by atoms with Crippen molar-refractivity contribution in [2.24, 2.45) is 0 Å².